The minimum atomic E-state index is 0.694. The Kier molecular flexibility index (Phi) is 3.52. The molecule has 0 amide bonds. The summed E-state index contributed by atoms with van der Waals surface area (Å²) >= 11 is 0. The van der Waals surface area contributed by atoms with Gasteiger partial charge in [0.1, 0.15) is 18.8 Å². The molecule has 0 saturated carbocycles. The third-order valence-corrected chi connectivity index (χ3v) is 4.48. The molecule has 18 heavy (non-hydrogen) atoms. The summed E-state index contributed by atoms with van der Waals surface area (Å²) in [6, 6.07) is 7.34. The number of benzene rings is 1. The average Bonchev–Trinajstić information content (AvgIpc) is 2.47. The maximum Gasteiger partial charge on any atom is 0.163 e. The molecule has 2 heterocycles. The number of piperidine rings is 1. The van der Waals surface area contributed by atoms with E-state index in [4.69, 9.17) is 4.74 Å². The monoisotopic (exact) mass is 248 g/mol. The van der Waals surface area contributed by atoms with Gasteiger partial charge in [-0.3, -0.25) is 0 Å². The molecule has 1 aromatic rings. The predicted molar refractivity (Wildman–Crippen MR) is 70.8 cm³/mol. The number of ether oxygens (including phenoxy) is 1. The molecule has 3 heteroatoms. The molecule has 0 bridgehead atoms. The van der Waals surface area contributed by atoms with Gasteiger partial charge in [0, 0.05) is 11.1 Å². The first kappa shape index (κ1) is 12.0. The van der Waals surface area contributed by atoms with Gasteiger partial charge in [-0.25, -0.2) is 0 Å². The first-order valence-electron chi connectivity index (χ1n) is 7.21. The Morgan fingerprint density at radius 3 is 2.83 bits per heavy atom. The summed E-state index contributed by atoms with van der Waals surface area (Å²) in [6.45, 7) is 5.05. The van der Waals surface area contributed by atoms with Gasteiger partial charge in [-0.2, -0.15) is 0 Å². The highest BCUT2D eigenvalue weighted by Crippen LogP contribution is 2.23. The van der Waals surface area contributed by atoms with E-state index in [2.05, 4.69) is 23.5 Å². The Labute approximate surface area is 109 Å². The van der Waals surface area contributed by atoms with E-state index >= 15 is 0 Å². The third-order valence-electron chi connectivity index (χ3n) is 4.48. The van der Waals surface area contributed by atoms with Crippen molar-refractivity contribution in [1.82, 2.24) is 0 Å². The van der Waals surface area contributed by atoms with Crippen LogP contribution in [0, 0.1) is 0 Å². The molecular formula is C15H24N2O+2. The lowest BCUT2D eigenvalue weighted by Gasteiger charge is -2.33. The van der Waals surface area contributed by atoms with Crippen molar-refractivity contribution in [3.63, 3.8) is 0 Å². The molecule has 2 aliphatic heterocycles. The summed E-state index contributed by atoms with van der Waals surface area (Å²) in [7, 11) is 1.75. The molecular weight excluding hydrogens is 224 g/mol. The normalized spacial score (nSPS) is 24.6. The van der Waals surface area contributed by atoms with Crippen LogP contribution >= 0.6 is 0 Å². The van der Waals surface area contributed by atoms with E-state index in [-0.39, 0.29) is 0 Å². The highest BCUT2D eigenvalue weighted by atomic mass is 16.5. The predicted octanol–water partition coefficient (Wildman–Crippen LogP) is -0.118. The van der Waals surface area contributed by atoms with Gasteiger partial charge in [0.25, 0.3) is 0 Å². The maximum absolute atomic E-state index is 5.34. The second kappa shape index (κ2) is 5.29. The molecule has 2 aliphatic rings. The van der Waals surface area contributed by atoms with Gasteiger partial charge >= 0.3 is 0 Å². The molecule has 3 nitrogen and oxygen atoms in total. The minimum Gasteiger partial charge on any atom is -0.497 e. The van der Waals surface area contributed by atoms with Crippen LogP contribution in [0.25, 0.3) is 0 Å². The van der Waals surface area contributed by atoms with Crippen LogP contribution in [0.2, 0.25) is 0 Å². The lowest BCUT2D eigenvalue weighted by molar-refractivity contribution is -0.952. The number of likely N-dealkylation sites (tertiary alicyclic amines) is 1. The number of methoxy groups -OCH3 is 1. The first-order valence-corrected chi connectivity index (χ1v) is 7.21. The van der Waals surface area contributed by atoms with E-state index in [1.54, 1.807) is 17.6 Å². The van der Waals surface area contributed by atoms with E-state index in [1.165, 1.54) is 44.5 Å². The number of hydrogen-bond acceptors (Lipinski definition) is 1. The molecule has 0 unspecified atom stereocenters. The molecule has 0 aromatic heterocycles. The number of rotatable bonds is 2. The van der Waals surface area contributed by atoms with Gasteiger partial charge in [0.15, 0.2) is 6.04 Å². The average molecular weight is 248 g/mol. The van der Waals surface area contributed by atoms with Gasteiger partial charge in [0.05, 0.1) is 20.2 Å². The molecule has 0 radical (unpaired) electrons. The lowest BCUT2D eigenvalue weighted by Crippen LogP contribution is -3.16. The fraction of sp³-hybridized carbons (Fsp3) is 0.600. The van der Waals surface area contributed by atoms with Gasteiger partial charge in [-0.1, -0.05) is 0 Å². The zero-order chi connectivity index (χ0) is 12.4. The smallest absolute Gasteiger partial charge is 0.163 e. The highest BCUT2D eigenvalue weighted by molar-refractivity contribution is 5.37. The molecule has 1 atom stereocenters. The van der Waals surface area contributed by atoms with Crippen molar-refractivity contribution in [1.29, 1.82) is 0 Å². The number of quaternary nitrogens is 2. The Morgan fingerprint density at radius 1 is 1.22 bits per heavy atom. The van der Waals surface area contributed by atoms with Crippen molar-refractivity contribution in [3.8, 4) is 5.75 Å². The van der Waals surface area contributed by atoms with Crippen LogP contribution in [-0.4, -0.2) is 26.7 Å². The van der Waals surface area contributed by atoms with Crippen LogP contribution in [0.3, 0.4) is 0 Å². The zero-order valence-electron chi connectivity index (χ0n) is 11.2. The largest absolute Gasteiger partial charge is 0.497 e. The summed E-state index contributed by atoms with van der Waals surface area (Å²) in [4.78, 5) is 1.80. The van der Waals surface area contributed by atoms with Gasteiger partial charge in [-0.15, -0.1) is 0 Å². The van der Waals surface area contributed by atoms with E-state index in [1.807, 2.05) is 0 Å². The summed E-state index contributed by atoms with van der Waals surface area (Å²) < 4.78 is 5.34. The van der Waals surface area contributed by atoms with Crippen molar-refractivity contribution in [2.24, 2.45) is 0 Å². The van der Waals surface area contributed by atoms with Crippen molar-refractivity contribution < 1.29 is 15.0 Å². The molecule has 98 valence electrons. The lowest BCUT2D eigenvalue weighted by atomic mass is 9.94. The molecule has 1 fully saturated rings. The molecule has 1 saturated heterocycles. The van der Waals surface area contributed by atoms with Crippen LogP contribution in [0.5, 0.6) is 5.75 Å². The van der Waals surface area contributed by atoms with E-state index in [9.17, 15) is 0 Å². The second-order valence-electron chi connectivity index (χ2n) is 5.56. The number of nitrogens with one attached hydrogen (secondary N) is 1. The van der Waals surface area contributed by atoms with Crippen molar-refractivity contribution in [2.75, 3.05) is 26.7 Å². The molecule has 1 aromatic carbocycles. The number of nitrogens with two attached hydrogens (primary N) is 1. The summed E-state index contributed by atoms with van der Waals surface area (Å²) in [5.41, 5.74) is 3.04. The number of fused-ring (bicyclic) bond motifs is 1. The standard InChI is InChI=1S/C15H22N2O/c1-18-13-5-6-14-12(9-13)10-16-11-15(14)17-7-3-2-4-8-17/h5-6,9,15-16H,2-4,7-8,10-11H2,1H3/p+2/t15-/m1/s1. The van der Waals surface area contributed by atoms with Crippen molar-refractivity contribution in [3.05, 3.63) is 29.3 Å². The van der Waals surface area contributed by atoms with Gasteiger partial charge < -0.3 is 15.0 Å². The van der Waals surface area contributed by atoms with Crippen LogP contribution in [0.4, 0.5) is 0 Å². The Bertz CT molecular complexity index is 413. The quantitative estimate of drug-likeness (QED) is 0.751. The topological polar surface area (TPSA) is 30.3 Å². The van der Waals surface area contributed by atoms with Crippen LogP contribution in [0.1, 0.15) is 36.4 Å². The van der Waals surface area contributed by atoms with E-state index in [0.717, 1.165) is 12.3 Å². The molecule has 3 rings (SSSR count). The Morgan fingerprint density at radius 2 is 2.06 bits per heavy atom. The fourth-order valence-electron chi connectivity index (χ4n) is 3.50. The zero-order valence-corrected chi connectivity index (χ0v) is 11.2. The second-order valence-corrected chi connectivity index (χ2v) is 5.56. The number of hydrogen-bond donors (Lipinski definition) is 2. The molecule has 0 spiro atoms. The van der Waals surface area contributed by atoms with Crippen molar-refractivity contribution in [2.45, 2.75) is 31.8 Å². The van der Waals surface area contributed by atoms with Crippen molar-refractivity contribution >= 4 is 0 Å². The van der Waals surface area contributed by atoms with Crippen LogP contribution < -0.4 is 15.0 Å². The van der Waals surface area contributed by atoms with Gasteiger partial charge in [0.2, 0.25) is 0 Å². The van der Waals surface area contributed by atoms with E-state index in [0.29, 0.717) is 6.04 Å². The van der Waals surface area contributed by atoms with Crippen LogP contribution in [0.15, 0.2) is 18.2 Å². The maximum atomic E-state index is 5.34. The summed E-state index contributed by atoms with van der Waals surface area (Å²) in [5.74, 6) is 0.997. The minimum absolute atomic E-state index is 0.694. The fourth-order valence-corrected chi connectivity index (χ4v) is 3.50. The van der Waals surface area contributed by atoms with Gasteiger partial charge in [-0.05, 0) is 37.5 Å². The Balaban J connectivity index is 1.86. The first-order chi connectivity index (χ1) is 8.88. The highest BCUT2D eigenvalue weighted by Gasteiger charge is 2.32. The summed E-state index contributed by atoms with van der Waals surface area (Å²) in [6.07, 6.45) is 4.23. The summed E-state index contributed by atoms with van der Waals surface area (Å²) in [5, 5.41) is 2.45. The molecule has 3 N–H and O–H groups in total. The van der Waals surface area contributed by atoms with Crippen LogP contribution in [-0.2, 0) is 6.54 Å². The Hall–Kier alpha value is -1.06. The SMILES string of the molecule is COc1ccc2c(c1)C[NH2+]C[C@H]2[NH+]1CCCCC1. The third kappa shape index (κ3) is 2.25. The van der Waals surface area contributed by atoms with E-state index < -0.39 is 0 Å². The molecule has 0 aliphatic carbocycles.